The predicted molar refractivity (Wildman–Crippen MR) is 127 cm³/mol. The number of carbonyl (C=O) groups excluding carboxylic acids is 1. The fourth-order valence-corrected chi connectivity index (χ4v) is 4.79. The first-order valence-corrected chi connectivity index (χ1v) is 12.5. The second-order valence-corrected chi connectivity index (χ2v) is 10.2. The second kappa shape index (κ2) is 11.6. The molecule has 2 unspecified atom stereocenters. The molecule has 0 aliphatic heterocycles. The lowest BCUT2D eigenvalue weighted by atomic mass is 9.95. The van der Waals surface area contributed by atoms with Gasteiger partial charge in [0.25, 0.3) is 0 Å². The summed E-state index contributed by atoms with van der Waals surface area (Å²) in [7, 11) is 1.64. The zero-order valence-electron chi connectivity index (χ0n) is 19.8. The van der Waals surface area contributed by atoms with Gasteiger partial charge in [-0.3, -0.25) is 4.79 Å². The fraction of sp³-hybridized carbons (Fsp3) is 0.625. The van der Waals surface area contributed by atoms with Gasteiger partial charge in [0.2, 0.25) is 5.91 Å². The SMILES string of the molecule is COc1ccc(OC(C)c2nnc(SC(C)C(=O)NC3CCCCC3)n2CC(C)C)cc1. The van der Waals surface area contributed by atoms with Crippen LogP contribution in [0.5, 0.6) is 11.5 Å². The third-order valence-electron chi connectivity index (χ3n) is 5.63. The van der Waals surface area contributed by atoms with Crippen LogP contribution in [0.15, 0.2) is 29.4 Å². The molecule has 176 valence electrons. The average molecular weight is 461 g/mol. The average Bonchev–Trinajstić information content (AvgIpc) is 3.16. The summed E-state index contributed by atoms with van der Waals surface area (Å²) in [5, 5.41) is 12.6. The molecule has 1 fully saturated rings. The van der Waals surface area contributed by atoms with Crippen LogP contribution in [0.4, 0.5) is 0 Å². The highest BCUT2D eigenvalue weighted by Crippen LogP contribution is 2.29. The van der Waals surface area contributed by atoms with E-state index in [0.717, 1.165) is 41.9 Å². The van der Waals surface area contributed by atoms with Gasteiger partial charge in [-0.1, -0.05) is 44.9 Å². The van der Waals surface area contributed by atoms with Crippen LogP contribution in [0.25, 0.3) is 0 Å². The number of benzene rings is 1. The highest BCUT2D eigenvalue weighted by atomic mass is 32.2. The minimum Gasteiger partial charge on any atom is -0.497 e. The predicted octanol–water partition coefficient (Wildman–Crippen LogP) is 5.01. The van der Waals surface area contributed by atoms with Crippen LogP contribution in [0, 0.1) is 5.92 Å². The fourth-order valence-electron chi connectivity index (χ4n) is 3.91. The van der Waals surface area contributed by atoms with Crippen molar-refractivity contribution in [3.05, 3.63) is 30.1 Å². The molecule has 7 nitrogen and oxygen atoms in total. The molecule has 1 saturated carbocycles. The number of aromatic nitrogens is 3. The van der Waals surface area contributed by atoms with Gasteiger partial charge in [0.05, 0.1) is 12.4 Å². The van der Waals surface area contributed by atoms with Gasteiger partial charge in [-0.05, 0) is 56.9 Å². The van der Waals surface area contributed by atoms with Crippen molar-refractivity contribution in [1.29, 1.82) is 0 Å². The zero-order chi connectivity index (χ0) is 23.1. The maximum absolute atomic E-state index is 12.8. The first kappa shape index (κ1) is 24.4. The second-order valence-electron chi connectivity index (χ2n) is 8.88. The highest BCUT2D eigenvalue weighted by Gasteiger charge is 2.25. The molecule has 1 aliphatic rings. The molecule has 0 spiro atoms. The first-order valence-electron chi connectivity index (χ1n) is 11.6. The van der Waals surface area contributed by atoms with Gasteiger partial charge >= 0.3 is 0 Å². The first-order chi connectivity index (χ1) is 15.4. The Morgan fingerprint density at radius 2 is 1.75 bits per heavy atom. The third kappa shape index (κ3) is 6.64. The van der Waals surface area contributed by atoms with E-state index in [2.05, 4.69) is 33.9 Å². The van der Waals surface area contributed by atoms with Crippen molar-refractivity contribution < 1.29 is 14.3 Å². The Morgan fingerprint density at radius 3 is 2.38 bits per heavy atom. The summed E-state index contributed by atoms with van der Waals surface area (Å²) >= 11 is 1.46. The van der Waals surface area contributed by atoms with Crippen molar-refractivity contribution in [1.82, 2.24) is 20.1 Å². The molecule has 2 atom stereocenters. The van der Waals surface area contributed by atoms with Crippen molar-refractivity contribution in [2.75, 3.05) is 7.11 Å². The maximum atomic E-state index is 12.8. The van der Waals surface area contributed by atoms with E-state index < -0.39 is 0 Å². The minimum absolute atomic E-state index is 0.0741. The van der Waals surface area contributed by atoms with E-state index in [1.54, 1.807) is 7.11 Å². The van der Waals surface area contributed by atoms with Gasteiger partial charge in [0, 0.05) is 12.6 Å². The van der Waals surface area contributed by atoms with Crippen molar-refractivity contribution in [2.24, 2.45) is 5.92 Å². The van der Waals surface area contributed by atoms with Crippen LogP contribution in [0.2, 0.25) is 0 Å². The van der Waals surface area contributed by atoms with Crippen molar-refractivity contribution >= 4 is 17.7 Å². The minimum atomic E-state index is -0.282. The summed E-state index contributed by atoms with van der Waals surface area (Å²) in [6.45, 7) is 8.99. The Kier molecular flexibility index (Phi) is 8.84. The van der Waals surface area contributed by atoms with Gasteiger partial charge in [0.15, 0.2) is 17.1 Å². The molecular weight excluding hydrogens is 424 g/mol. The molecule has 1 heterocycles. The highest BCUT2D eigenvalue weighted by molar-refractivity contribution is 8.00. The number of nitrogens with one attached hydrogen (secondary N) is 1. The van der Waals surface area contributed by atoms with Gasteiger partial charge in [-0.25, -0.2) is 0 Å². The van der Waals surface area contributed by atoms with Gasteiger partial charge in [0.1, 0.15) is 11.5 Å². The van der Waals surface area contributed by atoms with Gasteiger partial charge < -0.3 is 19.4 Å². The summed E-state index contributed by atoms with van der Waals surface area (Å²) < 4.78 is 13.4. The smallest absolute Gasteiger partial charge is 0.233 e. The molecule has 1 aliphatic carbocycles. The summed E-state index contributed by atoms with van der Waals surface area (Å²) in [5.41, 5.74) is 0. The Labute approximate surface area is 195 Å². The molecule has 1 aromatic heterocycles. The number of rotatable bonds is 10. The largest absolute Gasteiger partial charge is 0.497 e. The van der Waals surface area contributed by atoms with E-state index in [0.29, 0.717) is 12.0 Å². The van der Waals surface area contributed by atoms with Gasteiger partial charge in [-0.15, -0.1) is 10.2 Å². The molecule has 2 aromatic rings. The Morgan fingerprint density at radius 1 is 1.09 bits per heavy atom. The Hall–Kier alpha value is -2.22. The topological polar surface area (TPSA) is 78.3 Å². The van der Waals surface area contributed by atoms with Crippen LogP contribution in [0.3, 0.4) is 0 Å². The number of carbonyl (C=O) groups is 1. The summed E-state index contributed by atoms with van der Waals surface area (Å²) in [6.07, 6.45) is 5.55. The number of ether oxygens (including phenoxy) is 2. The molecule has 0 saturated heterocycles. The van der Waals surface area contributed by atoms with E-state index in [4.69, 9.17) is 9.47 Å². The number of hydrogen-bond donors (Lipinski definition) is 1. The van der Waals surface area contributed by atoms with Crippen LogP contribution in [0.1, 0.15) is 71.7 Å². The van der Waals surface area contributed by atoms with E-state index in [1.165, 1.54) is 31.0 Å². The maximum Gasteiger partial charge on any atom is 0.233 e. The van der Waals surface area contributed by atoms with Crippen molar-refractivity contribution in [3.8, 4) is 11.5 Å². The molecule has 1 aromatic carbocycles. The molecule has 32 heavy (non-hydrogen) atoms. The lowest BCUT2D eigenvalue weighted by molar-refractivity contribution is -0.121. The lowest BCUT2D eigenvalue weighted by Crippen LogP contribution is -2.40. The van der Waals surface area contributed by atoms with E-state index in [9.17, 15) is 4.79 Å². The molecule has 1 amide bonds. The molecule has 0 radical (unpaired) electrons. The monoisotopic (exact) mass is 460 g/mol. The molecule has 8 heteroatoms. The number of thioether (sulfide) groups is 1. The van der Waals surface area contributed by atoms with E-state index >= 15 is 0 Å². The number of methoxy groups -OCH3 is 1. The number of amides is 1. The Bertz CT molecular complexity index is 863. The third-order valence-corrected chi connectivity index (χ3v) is 6.71. The van der Waals surface area contributed by atoms with Crippen molar-refractivity contribution in [3.63, 3.8) is 0 Å². The zero-order valence-corrected chi connectivity index (χ0v) is 20.7. The number of nitrogens with zero attached hydrogens (tertiary/aromatic N) is 3. The van der Waals surface area contributed by atoms with Crippen LogP contribution >= 0.6 is 11.8 Å². The number of hydrogen-bond acceptors (Lipinski definition) is 6. The molecule has 3 rings (SSSR count). The van der Waals surface area contributed by atoms with Gasteiger partial charge in [-0.2, -0.15) is 0 Å². The van der Waals surface area contributed by atoms with Crippen LogP contribution in [-0.2, 0) is 11.3 Å². The van der Waals surface area contributed by atoms with E-state index in [1.807, 2.05) is 38.1 Å². The Balaban J connectivity index is 1.69. The molecule has 1 N–H and O–H groups in total. The molecular formula is C24H36N4O3S. The van der Waals surface area contributed by atoms with Crippen LogP contribution < -0.4 is 14.8 Å². The normalized spacial score (nSPS) is 16.6. The lowest BCUT2D eigenvalue weighted by Gasteiger charge is -2.24. The molecule has 0 bridgehead atoms. The van der Waals surface area contributed by atoms with E-state index in [-0.39, 0.29) is 17.3 Å². The van der Waals surface area contributed by atoms with Crippen molar-refractivity contribution in [2.45, 2.75) is 88.9 Å². The summed E-state index contributed by atoms with van der Waals surface area (Å²) in [6, 6.07) is 7.81. The van der Waals surface area contributed by atoms with Crippen LogP contribution in [-0.4, -0.2) is 39.1 Å². The standard InChI is InChI=1S/C24H36N4O3S/c1-16(2)15-28-22(17(3)31-21-13-11-20(30-5)12-14-21)26-27-24(28)32-18(4)23(29)25-19-9-7-6-8-10-19/h11-14,16-19H,6-10,15H2,1-5H3,(H,25,29). The quantitative estimate of drug-likeness (QED) is 0.502. The summed E-state index contributed by atoms with van der Waals surface area (Å²) in [5.74, 6) is 2.77. The summed E-state index contributed by atoms with van der Waals surface area (Å²) in [4.78, 5) is 12.8.